The molecule has 8 heteroatoms. The van der Waals surface area contributed by atoms with Crippen molar-refractivity contribution >= 4 is 17.5 Å². The van der Waals surface area contributed by atoms with Gasteiger partial charge in [-0.1, -0.05) is 30.4 Å². The van der Waals surface area contributed by atoms with E-state index in [9.17, 15) is 22.8 Å². The number of carbonyl (C=O) groups excluding carboxylic acids is 2. The smallest absolute Gasteiger partial charge is 0.350 e. The lowest BCUT2D eigenvalue weighted by atomic mass is 9.81. The average Bonchev–Trinajstić information content (AvgIpc) is 3.34. The highest BCUT2D eigenvalue weighted by atomic mass is 19.4. The lowest BCUT2D eigenvalue weighted by Gasteiger charge is -2.27. The summed E-state index contributed by atoms with van der Waals surface area (Å²) in [6, 6.07) is 10.2. The molecule has 30 heavy (non-hydrogen) atoms. The molecule has 1 aromatic carbocycles. The summed E-state index contributed by atoms with van der Waals surface area (Å²) >= 11 is 0. The Morgan fingerprint density at radius 1 is 0.967 bits per heavy atom. The summed E-state index contributed by atoms with van der Waals surface area (Å²) < 4.78 is 39.8. The Balaban J connectivity index is 1.50. The summed E-state index contributed by atoms with van der Waals surface area (Å²) in [6.07, 6.45) is 1.48. The zero-order valence-electron chi connectivity index (χ0n) is 15.9. The van der Waals surface area contributed by atoms with E-state index < -0.39 is 29.5 Å². The number of halogens is 3. The Labute approximate surface area is 171 Å². The fraction of sp³-hybridized carbons (Fsp3) is 0.318. The van der Waals surface area contributed by atoms with Crippen molar-refractivity contribution in [3.05, 3.63) is 72.1 Å². The monoisotopic (exact) mass is 415 g/mol. The summed E-state index contributed by atoms with van der Waals surface area (Å²) in [5.41, 5.74) is -0.521. The highest BCUT2D eigenvalue weighted by Gasteiger charge is 2.51. The van der Waals surface area contributed by atoms with Gasteiger partial charge in [0.25, 0.3) is 0 Å². The minimum absolute atomic E-state index is 0.104. The number of allylic oxidation sites excluding steroid dienone is 2. The van der Waals surface area contributed by atoms with E-state index in [1.54, 1.807) is 18.3 Å². The number of carbonyl (C=O) groups is 2. The van der Waals surface area contributed by atoms with Gasteiger partial charge in [-0.25, -0.2) is 0 Å². The van der Waals surface area contributed by atoms with Crippen molar-refractivity contribution in [1.82, 2.24) is 10.3 Å². The molecular formula is C22H20F3N3O2. The van der Waals surface area contributed by atoms with E-state index in [-0.39, 0.29) is 30.0 Å². The van der Waals surface area contributed by atoms with Crippen LogP contribution in [0.5, 0.6) is 0 Å². The highest BCUT2D eigenvalue weighted by molar-refractivity contribution is 5.98. The van der Waals surface area contributed by atoms with Crippen molar-refractivity contribution < 1.29 is 22.8 Å². The van der Waals surface area contributed by atoms with Gasteiger partial charge in [-0.05, 0) is 42.5 Å². The highest BCUT2D eigenvalue weighted by Crippen LogP contribution is 2.48. The molecule has 4 rings (SSSR count). The maximum Gasteiger partial charge on any atom is 0.418 e. The van der Waals surface area contributed by atoms with Crippen LogP contribution in [0.3, 0.4) is 0 Å². The molecule has 1 aromatic heterocycles. The molecule has 2 bridgehead atoms. The number of hydrogen-bond donors (Lipinski definition) is 2. The van der Waals surface area contributed by atoms with Crippen LogP contribution in [0.2, 0.25) is 0 Å². The van der Waals surface area contributed by atoms with Gasteiger partial charge in [0.1, 0.15) is 0 Å². The van der Waals surface area contributed by atoms with Crippen LogP contribution < -0.4 is 10.6 Å². The van der Waals surface area contributed by atoms with Gasteiger partial charge < -0.3 is 10.6 Å². The second-order valence-electron chi connectivity index (χ2n) is 7.57. The predicted octanol–water partition coefficient (Wildman–Crippen LogP) is 3.79. The molecule has 2 aromatic rings. The quantitative estimate of drug-likeness (QED) is 0.730. The largest absolute Gasteiger partial charge is 0.418 e. The van der Waals surface area contributed by atoms with Crippen LogP contribution >= 0.6 is 0 Å². The van der Waals surface area contributed by atoms with Gasteiger partial charge >= 0.3 is 6.18 Å². The molecule has 2 N–H and O–H groups in total. The minimum Gasteiger partial charge on any atom is -0.350 e. The van der Waals surface area contributed by atoms with E-state index in [0.717, 1.165) is 6.07 Å². The lowest BCUT2D eigenvalue weighted by Crippen LogP contribution is -2.42. The molecule has 1 saturated carbocycles. The van der Waals surface area contributed by atoms with Crippen molar-refractivity contribution in [1.29, 1.82) is 0 Å². The van der Waals surface area contributed by atoms with Crippen LogP contribution in [0.25, 0.3) is 0 Å². The Hall–Kier alpha value is -3.16. The number of amides is 2. The molecule has 2 amide bonds. The third-order valence-electron chi connectivity index (χ3n) is 5.72. The number of aromatic nitrogens is 1. The summed E-state index contributed by atoms with van der Waals surface area (Å²) in [7, 11) is 0. The molecule has 0 saturated heterocycles. The molecule has 0 radical (unpaired) electrons. The fourth-order valence-corrected chi connectivity index (χ4v) is 4.39. The molecule has 0 unspecified atom stereocenters. The Bertz CT molecular complexity index is 975. The Morgan fingerprint density at radius 2 is 1.63 bits per heavy atom. The van der Waals surface area contributed by atoms with Crippen LogP contribution in [0, 0.1) is 23.7 Å². The molecule has 1 fully saturated rings. The number of pyridine rings is 1. The number of para-hydroxylation sites is 1. The van der Waals surface area contributed by atoms with Gasteiger partial charge in [-0.2, -0.15) is 13.2 Å². The van der Waals surface area contributed by atoms with Crippen LogP contribution in [-0.4, -0.2) is 16.8 Å². The predicted molar refractivity (Wildman–Crippen MR) is 104 cm³/mol. The first-order valence-corrected chi connectivity index (χ1v) is 9.67. The number of nitrogens with one attached hydrogen (secondary N) is 2. The van der Waals surface area contributed by atoms with Gasteiger partial charge in [-0.15, -0.1) is 0 Å². The molecule has 2 aliphatic carbocycles. The molecular weight excluding hydrogens is 395 g/mol. The van der Waals surface area contributed by atoms with E-state index in [0.29, 0.717) is 12.1 Å². The molecule has 0 aliphatic heterocycles. The van der Waals surface area contributed by atoms with Crippen LogP contribution in [-0.2, 0) is 22.3 Å². The maximum absolute atomic E-state index is 13.3. The lowest BCUT2D eigenvalue weighted by molar-refractivity contribution is -0.137. The van der Waals surface area contributed by atoms with Gasteiger partial charge in [0.15, 0.2) is 0 Å². The van der Waals surface area contributed by atoms with E-state index in [1.165, 1.54) is 18.2 Å². The zero-order chi connectivity index (χ0) is 21.3. The topological polar surface area (TPSA) is 71.1 Å². The molecule has 156 valence electrons. The zero-order valence-corrected chi connectivity index (χ0v) is 15.9. The maximum atomic E-state index is 13.3. The minimum atomic E-state index is -4.59. The van der Waals surface area contributed by atoms with Crippen molar-refractivity contribution in [2.75, 3.05) is 5.32 Å². The van der Waals surface area contributed by atoms with Gasteiger partial charge in [0.05, 0.1) is 35.3 Å². The van der Waals surface area contributed by atoms with E-state index in [4.69, 9.17) is 0 Å². The van der Waals surface area contributed by atoms with E-state index in [2.05, 4.69) is 15.6 Å². The summed E-state index contributed by atoms with van der Waals surface area (Å²) in [6.45, 7) is 0.225. The normalized spacial score (nSPS) is 24.6. The van der Waals surface area contributed by atoms with Crippen molar-refractivity contribution in [2.24, 2.45) is 23.7 Å². The standard InChI is InChI=1S/C22H20F3N3O2/c23-22(24,25)16-6-1-2-7-17(16)28-21(30)19-14-9-8-13(11-14)18(19)20(29)27-12-15-5-3-4-10-26-15/h1-10,13-14,18-19H,11-12H2,(H,27,29)(H,28,30)/t13-,14+,18-,19+/m0/s1. The molecule has 1 heterocycles. The average molecular weight is 415 g/mol. The van der Waals surface area contributed by atoms with E-state index in [1.807, 2.05) is 18.2 Å². The second-order valence-corrected chi connectivity index (χ2v) is 7.57. The van der Waals surface area contributed by atoms with Crippen LogP contribution in [0.15, 0.2) is 60.8 Å². The Morgan fingerprint density at radius 3 is 2.30 bits per heavy atom. The number of nitrogens with zero attached hydrogens (tertiary/aromatic N) is 1. The summed E-state index contributed by atoms with van der Waals surface area (Å²) in [5, 5.41) is 5.23. The number of alkyl halides is 3. The molecule has 4 atom stereocenters. The fourth-order valence-electron chi connectivity index (χ4n) is 4.39. The second kappa shape index (κ2) is 7.93. The van der Waals surface area contributed by atoms with Crippen molar-refractivity contribution in [3.63, 3.8) is 0 Å². The number of anilines is 1. The third kappa shape index (κ3) is 3.94. The first-order valence-electron chi connectivity index (χ1n) is 9.67. The SMILES string of the molecule is O=C(NCc1ccccn1)[C@@H]1[C@H](C(=O)Nc2ccccc2C(F)(F)F)[C@@H]2C=C[C@H]1C2. The van der Waals surface area contributed by atoms with Crippen molar-refractivity contribution in [3.8, 4) is 0 Å². The summed E-state index contributed by atoms with van der Waals surface area (Å²) in [5.74, 6) is -2.47. The van der Waals surface area contributed by atoms with E-state index >= 15 is 0 Å². The molecule has 2 aliphatic rings. The first-order chi connectivity index (χ1) is 14.3. The number of hydrogen-bond acceptors (Lipinski definition) is 3. The Kier molecular flexibility index (Phi) is 5.32. The number of fused-ring (bicyclic) bond motifs is 2. The van der Waals surface area contributed by atoms with Crippen molar-refractivity contribution in [2.45, 2.75) is 19.1 Å². The third-order valence-corrected chi connectivity index (χ3v) is 5.72. The first kappa shape index (κ1) is 20.1. The number of rotatable bonds is 5. The molecule has 0 spiro atoms. The summed E-state index contributed by atoms with van der Waals surface area (Å²) in [4.78, 5) is 30.0. The number of benzene rings is 1. The van der Waals surface area contributed by atoms with Gasteiger partial charge in [0, 0.05) is 6.20 Å². The molecule has 5 nitrogen and oxygen atoms in total. The van der Waals surface area contributed by atoms with Gasteiger partial charge in [-0.3, -0.25) is 14.6 Å². The van der Waals surface area contributed by atoms with Crippen LogP contribution in [0.1, 0.15) is 17.7 Å². The van der Waals surface area contributed by atoms with Gasteiger partial charge in [0.2, 0.25) is 11.8 Å². The van der Waals surface area contributed by atoms with Crippen LogP contribution in [0.4, 0.5) is 18.9 Å².